The van der Waals surface area contributed by atoms with Crippen molar-refractivity contribution in [3.8, 4) is 5.75 Å². The molecule has 1 fully saturated rings. The number of amides is 1. The summed E-state index contributed by atoms with van der Waals surface area (Å²) in [7, 11) is 3.72. The van der Waals surface area contributed by atoms with E-state index < -0.39 is 0 Å². The zero-order chi connectivity index (χ0) is 13.1. The van der Waals surface area contributed by atoms with E-state index in [0.717, 1.165) is 30.9 Å². The van der Waals surface area contributed by atoms with Crippen molar-refractivity contribution in [2.75, 3.05) is 33.8 Å². The summed E-state index contributed by atoms with van der Waals surface area (Å²) in [6, 6.07) is 7.72. The first-order valence-corrected chi connectivity index (χ1v) is 6.25. The molecule has 18 heavy (non-hydrogen) atoms. The first-order chi connectivity index (χ1) is 8.61. The summed E-state index contributed by atoms with van der Waals surface area (Å²) in [6.45, 7) is 4.67. The van der Waals surface area contributed by atoms with Gasteiger partial charge >= 0.3 is 0 Å². The van der Waals surface area contributed by atoms with Crippen molar-refractivity contribution < 1.29 is 9.53 Å². The Hall–Kier alpha value is -1.55. The van der Waals surface area contributed by atoms with Gasteiger partial charge in [-0.1, -0.05) is 0 Å². The SMILES string of the molecule is COc1ccc(C(=O)N2CCN(C)C(C)C2)cc1. The summed E-state index contributed by atoms with van der Waals surface area (Å²) in [5, 5.41) is 0. The van der Waals surface area contributed by atoms with E-state index in [1.54, 1.807) is 7.11 Å². The highest BCUT2D eigenvalue weighted by atomic mass is 16.5. The van der Waals surface area contributed by atoms with Crippen molar-refractivity contribution in [1.29, 1.82) is 0 Å². The first-order valence-electron chi connectivity index (χ1n) is 6.25. The Bertz CT molecular complexity index is 416. The summed E-state index contributed by atoms with van der Waals surface area (Å²) < 4.78 is 5.09. The third-order valence-electron chi connectivity index (χ3n) is 3.58. The molecule has 0 N–H and O–H groups in total. The number of nitrogens with zero attached hydrogens (tertiary/aromatic N) is 2. The van der Waals surface area contributed by atoms with Crippen LogP contribution in [0.25, 0.3) is 0 Å². The van der Waals surface area contributed by atoms with Crippen LogP contribution in [-0.2, 0) is 0 Å². The largest absolute Gasteiger partial charge is 0.497 e. The molecule has 1 aliphatic rings. The molecule has 98 valence electrons. The quantitative estimate of drug-likeness (QED) is 0.794. The molecule has 1 saturated heterocycles. The zero-order valence-corrected chi connectivity index (χ0v) is 11.2. The van der Waals surface area contributed by atoms with E-state index in [9.17, 15) is 4.79 Å². The number of carbonyl (C=O) groups is 1. The van der Waals surface area contributed by atoms with Gasteiger partial charge in [-0.2, -0.15) is 0 Å². The van der Waals surface area contributed by atoms with E-state index in [1.165, 1.54) is 0 Å². The molecule has 1 unspecified atom stereocenters. The van der Waals surface area contributed by atoms with E-state index >= 15 is 0 Å². The topological polar surface area (TPSA) is 32.8 Å². The number of methoxy groups -OCH3 is 1. The molecular weight excluding hydrogens is 228 g/mol. The van der Waals surface area contributed by atoms with Gasteiger partial charge in [-0.25, -0.2) is 0 Å². The highest BCUT2D eigenvalue weighted by Crippen LogP contribution is 2.15. The summed E-state index contributed by atoms with van der Waals surface area (Å²) in [5.41, 5.74) is 0.729. The van der Waals surface area contributed by atoms with E-state index in [-0.39, 0.29) is 5.91 Å². The van der Waals surface area contributed by atoms with Crippen LogP contribution in [0.2, 0.25) is 0 Å². The number of benzene rings is 1. The molecule has 1 aromatic carbocycles. The smallest absolute Gasteiger partial charge is 0.253 e. The van der Waals surface area contributed by atoms with E-state index in [0.29, 0.717) is 6.04 Å². The fourth-order valence-corrected chi connectivity index (χ4v) is 2.15. The lowest BCUT2D eigenvalue weighted by Gasteiger charge is -2.37. The molecule has 1 aromatic rings. The molecule has 0 radical (unpaired) electrons. The molecule has 4 heteroatoms. The van der Waals surface area contributed by atoms with Crippen LogP contribution in [0.4, 0.5) is 0 Å². The van der Waals surface area contributed by atoms with Gasteiger partial charge in [-0.05, 0) is 38.2 Å². The van der Waals surface area contributed by atoms with Crippen molar-refractivity contribution in [1.82, 2.24) is 9.80 Å². The van der Waals surface area contributed by atoms with Crippen molar-refractivity contribution in [2.45, 2.75) is 13.0 Å². The minimum atomic E-state index is 0.109. The lowest BCUT2D eigenvalue weighted by atomic mass is 10.1. The third-order valence-corrected chi connectivity index (χ3v) is 3.58. The van der Waals surface area contributed by atoms with Crippen LogP contribution in [-0.4, -0.2) is 55.5 Å². The van der Waals surface area contributed by atoms with E-state index in [2.05, 4.69) is 18.9 Å². The summed E-state index contributed by atoms with van der Waals surface area (Å²) >= 11 is 0. The van der Waals surface area contributed by atoms with Crippen LogP contribution in [0.15, 0.2) is 24.3 Å². The second kappa shape index (κ2) is 5.40. The Morgan fingerprint density at radius 3 is 2.50 bits per heavy atom. The first kappa shape index (κ1) is 12.9. The Morgan fingerprint density at radius 2 is 1.94 bits per heavy atom. The van der Waals surface area contributed by atoms with Crippen molar-refractivity contribution in [2.24, 2.45) is 0 Å². The van der Waals surface area contributed by atoms with Crippen LogP contribution in [0.5, 0.6) is 5.75 Å². The number of hydrogen-bond acceptors (Lipinski definition) is 3. The predicted octanol–water partition coefficient (Wildman–Crippen LogP) is 1.47. The molecule has 1 aliphatic heterocycles. The lowest BCUT2D eigenvalue weighted by Crippen LogP contribution is -2.52. The number of rotatable bonds is 2. The van der Waals surface area contributed by atoms with Crippen LogP contribution in [0, 0.1) is 0 Å². The number of likely N-dealkylation sites (N-methyl/N-ethyl adjacent to an activating group) is 1. The maximum absolute atomic E-state index is 12.3. The minimum Gasteiger partial charge on any atom is -0.497 e. The Kier molecular flexibility index (Phi) is 3.87. The van der Waals surface area contributed by atoms with Crippen LogP contribution in [0.1, 0.15) is 17.3 Å². The van der Waals surface area contributed by atoms with Crippen molar-refractivity contribution >= 4 is 5.91 Å². The predicted molar refractivity (Wildman–Crippen MR) is 71.0 cm³/mol. The maximum atomic E-state index is 12.3. The lowest BCUT2D eigenvalue weighted by molar-refractivity contribution is 0.0572. The fraction of sp³-hybridized carbons (Fsp3) is 0.500. The van der Waals surface area contributed by atoms with Crippen LogP contribution >= 0.6 is 0 Å². The molecule has 0 bridgehead atoms. The highest BCUT2D eigenvalue weighted by molar-refractivity contribution is 5.94. The van der Waals surface area contributed by atoms with Gasteiger partial charge in [-0.3, -0.25) is 4.79 Å². The number of piperazine rings is 1. The van der Waals surface area contributed by atoms with Crippen molar-refractivity contribution in [3.63, 3.8) is 0 Å². The zero-order valence-electron chi connectivity index (χ0n) is 11.2. The molecule has 1 heterocycles. The number of carbonyl (C=O) groups excluding carboxylic acids is 1. The van der Waals surface area contributed by atoms with Gasteiger partial charge in [0.1, 0.15) is 5.75 Å². The molecule has 2 rings (SSSR count). The van der Waals surface area contributed by atoms with Crippen molar-refractivity contribution in [3.05, 3.63) is 29.8 Å². The van der Waals surface area contributed by atoms with Gasteiger partial charge in [0.2, 0.25) is 0 Å². The molecular formula is C14H20N2O2. The standard InChI is InChI=1S/C14H20N2O2/c1-11-10-16(9-8-15(11)2)14(17)12-4-6-13(18-3)7-5-12/h4-7,11H,8-10H2,1-3H3. The Balaban J connectivity index is 2.06. The second-order valence-electron chi connectivity index (χ2n) is 4.81. The average molecular weight is 248 g/mol. The molecule has 4 nitrogen and oxygen atoms in total. The molecule has 0 aliphatic carbocycles. The molecule has 1 atom stereocenters. The van der Waals surface area contributed by atoms with Gasteiger partial charge in [0.25, 0.3) is 5.91 Å². The second-order valence-corrected chi connectivity index (χ2v) is 4.81. The van der Waals surface area contributed by atoms with Gasteiger partial charge in [0.15, 0.2) is 0 Å². The Morgan fingerprint density at radius 1 is 1.28 bits per heavy atom. The normalized spacial score (nSPS) is 20.8. The van der Waals surface area contributed by atoms with Gasteiger partial charge in [0.05, 0.1) is 7.11 Å². The number of hydrogen-bond donors (Lipinski definition) is 0. The van der Waals surface area contributed by atoms with Crippen LogP contribution in [0.3, 0.4) is 0 Å². The minimum absolute atomic E-state index is 0.109. The van der Waals surface area contributed by atoms with E-state index in [4.69, 9.17) is 4.74 Å². The number of ether oxygens (including phenoxy) is 1. The van der Waals surface area contributed by atoms with Gasteiger partial charge < -0.3 is 14.5 Å². The summed E-state index contributed by atoms with van der Waals surface area (Å²) in [6.07, 6.45) is 0. The average Bonchev–Trinajstić information content (AvgIpc) is 2.41. The summed E-state index contributed by atoms with van der Waals surface area (Å²) in [5.74, 6) is 0.885. The van der Waals surface area contributed by atoms with Gasteiger partial charge in [-0.15, -0.1) is 0 Å². The monoisotopic (exact) mass is 248 g/mol. The molecule has 1 amide bonds. The summed E-state index contributed by atoms with van der Waals surface area (Å²) in [4.78, 5) is 16.5. The highest BCUT2D eigenvalue weighted by Gasteiger charge is 2.24. The molecule has 0 aromatic heterocycles. The molecule has 0 spiro atoms. The molecule has 0 saturated carbocycles. The third kappa shape index (κ3) is 2.64. The van der Waals surface area contributed by atoms with E-state index in [1.807, 2.05) is 29.2 Å². The Labute approximate surface area is 108 Å². The van der Waals surface area contributed by atoms with Crippen LogP contribution < -0.4 is 4.74 Å². The fourth-order valence-electron chi connectivity index (χ4n) is 2.15. The van der Waals surface area contributed by atoms with Gasteiger partial charge in [0, 0.05) is 31.2 Å². The maximum Gasteiger partial charge on any atom is 0.253 e.